The Bertz CT molecular complexity index is 198. The van der Waals surface area contributed by atoms with E-state index in [1.807, 2.05) is 7.05 Å². The highest BCUT2D eigenvalue weighted by molar-refractivity contribution is 5.78. The van der Waals surface area contributed by atoms with Gasteiger partial charge in [-0.2, -0.15) is 0 Å². The molecule has 2 N–H and O–H groups in total. The van der Waals surface area contributed by atoms with Crippen LogP contribution >= 0.6 is 0 Å². The van der Waals surface area contributed by atoms with Crippen molar-refractivity contribution >= 4 is 5.91 Å². The maximum absolute atomic E-state index is 11.9. The minimum atomic E-state index is 0.282. The molecular weight excluding hydrogens is 200 g/mol. The average Bonchev–Trinajstić information content (AvgIpc) is 2.55. The molecule has 16 heavy (non-hydrogen) atoms. The van der Waals surface area contributed by atoms with Gasteiger partial charge in [0.15, 0.2) is 0 Å². The molecular formula is C13H26N2O. The van der Waals surface area contributed by atoms with Crippen molar-refractivity contribution in [2.75, 3.05) is 20.1 Å². The van der Waals surface area contributed by atoms with Gasteiger partial charge < -0.3 is 10.6 Å². The normalized spacial score (nSPS) is 20.1. The minimum Gasteiger partial charge on any atom is -0.356 e. The van der Waals surface area contributed by atoms with E-state index >= 15 is 0 Å². The second-order valence-electron chi connectivity index (χ2n) is 5.10. The SMILES string of the molecule is CNC[C@@H](C)CNC(=O)C1CCCCCC1. The van der Waals surface area contributed by atoms with Crippen LogP contribution in [0.3, 0.4) is 0 Å². The van der Waals surface area contributed by atoms with Crippen LogP contribution < -0.4 is 10.6 Å². The zero-order chi connectivity index (χ0) is 11.8. The van der Waals surface area contributed by atoms with Gasteiger partial charge >= 0.3 is 0 Å². The van der Waals surface area contributed by atoms with Crippen molar-refractivity contribution < 1.29 is 4.79 Å². The lowest BCUT2D eigenvalue weighted by molar-refractivity contribution is -0.125. The van der Waals surface area contributed by atoms with Crippen molar-refractivity contribution in [3.8, 4) is 0 Å². The number of hydrogen-bond donors (Lipinski definition) is 2. The molecule has 1 aliphatic carbocycles. The number of nitrogens with one attached hydrogen (secondary N) is 2. The predicted octanol–water partition coefficient (Wildman–Crippen LogP) is 1.93. The van der Waals surface area contributed by atoms with Crippen molar-refractivity contribution in [1.29, 1.82) is 0 Å². The van der Waals surface area contributed by atoms with Gasteiger partial charge in [-0.05, 0) is 32.4 Å². The number of rotatable bonds is 5. The molecule has 0 aliphatic heterocycles. The van der Waals surface area contributed by atoms with E-state index in [2.05, 4.69) is 17.6 Å². The molecule has 0 spiro atoms. The summed E-state index contributed by atoms with van der Waals surface area (Å²) in [6, 6.07) is 0. The van der Waals surface area contributed by atoms with Crippen LogP contribution in [0, 0.1) is 11.8 Å². The smallest absolute Gasteiger partial charge is 0.223 e. The highest BCUT2D eigenvalue weighted by Crippen LogP contribution is 2.22. The number of carbonyl (C=O) groups is 1. The Morgan fingerprint density at radius 1 is 1.19 bits per heavy atom. The van der Waals surface area contributed by atoms with E-state index < -0.39 is 0 Å². The van der Waals surface area contributed by atoms with Crippen molar-refractivity contribution in [2.24, 2.45) is 11.8 Å². The fourth-order valence-corrected chi connectivity index (χ4v) is 2.38. The Kier molecular flexibility index (Phi) is 6.46. The highest BCUT2D eigenvalue weighted by Gasteiger charge is 2.19. The molecule has 0 bridgehead atoms. The van der Waals surface area contributed by atoms with Gasteiger partial charge in [-0.25, -0.2) is 0 Å². The molecule has 1 fully saturated rings. The molecule has 0 unspecified atom stereocenters. The third kappa shape index (κ3) is 4.97. The Labute approximate surface area is 99.4 Å². The largest absolute Gasteiger partial charge is 0.356 e. The summed E-state index contributed by atoms with van der Waals surface area (Å²) in [5.41, 5.74) is 0. The fourth-order valence-electron chi connectivity index (χ4n) is 2.38. The predicted molar refractivity (Wildman–Crippen MR) is 67.3 cm³/mol. The fraction of sp³-hybridized carbons (Fsp3) is 0.923. The third-order valence-electron chi connectivity index (χ3n) is 3.40. The van der Waals surface area contributed by atoms with Gasteiger partial charge in [-0.3, -0.25) is 4.79 Å². The van der Waals surface area contributed by atoms with Gasteiger partial charge in [0.2, 0.25) is 5.91 Å². The summed E-state index contributed by atoms with van der Waals surface area (Å²) in [5.74, 6) is 1.08. The minimum absolute atomic E-state index is 0.282. The molecule has 0 heterocycles. The van der Waals surface area contributed by atoms with Crippen LogP contribution in [-0.4, -0.2) is 26.0 Å². The van der Waals surface area contributed by atoms with Crippen LogP contribution in [0.2, 0.25) is 0 Å². The van der Waals surface area contributed by atoms with Crippen molar-refractivity contribution in [3.05, 3.63) is 0 Å². The van der Waals surface area contributed by atoms with Crippen molar-refractivity contribution in [2.45, 2.75) is 45.4 Å². The topological polar surface area (TPSA) is 41.1 Å². The third-order valence-corrected chi connectivity index (χ3v) is 3.40. The molecule has 1 rings (SSSR count). The number of carbonyl (C=O) groups excluding carboxylic acids is 1. The molecule has 0 aromatic rings. The quantitative estimate of drug-likeness (QED) is 0.703. The first-order chi connectivity index (χ1) is 7.74. The van der Waals surface area contributed by atoms with E-state index in [0.717, 1.165) is 25.9 Å². The zero-order valence-electron chi connectivity index (χ0n) is 10.7. The molecule has 0 radical (unpaired) electrons. The summed E-state index contributed by atoms with van der Waals surface area (Å²) in [4.78, 5) is 11.9. The van der Waals surface area contributed by atoms with E-state index in [4.69, 9.17) is 0 Å². The maximum Gasteiger partial charge on any atom is 0.223 e. The van der Waals surface area contributed by atoms with Gasteiger partial charge in [-0.15, -0.1) is 0 Å². The average molecular weight is 226 g/mol. The summed E-state index contributed by atoms with van der Waals surface area (Å²) < 4.78 is 0. The Morgan fingerprint density at radius 3 is 2.38 bits per heavy atom. The molecule has 0 aromatic heterocycles. The maximum atomic E-state index is 11.9. The summed E-state index contributed by atoms with van der Waals surface area (Å²) in [6.45, 7) is 3.92. The van der Waals surface area contributed by atoms with E-state index in [0.29, 0.717) is 5.92 Å². The first-order valence-electron chi connectivity index (χ1n) is 6.66. The highest BCUT2D eigenvalue weighted by atomic mass is 16.1. The van der Waals surface area contributed by atoms with E-state index in [1.54, 1.807) is 0 Å². The molecule has 3 nitrogen and oxygen atoms in total. The number of amides is 1. The summed E-state index contributed by atoms with van der Waals surface area (Å²) in [7, 11) is 1.95. The summed E-state index contributed by atoms with van der Waals surface area (Å²) in [5, 5.41) is 6.22. The van der Waals surface area contributed by atoms with Crippen LogP contribution in [0.5, 0.6) is 0 Å². The summed E-state index contributed by atoms with van der Waals surface area (Å²) in [6.07, 6.45) is 7.24. The monoisotopic (exact) mass is 226 g/mol. The Morgan fingerprint density at radius 2 is 1.81 bits per heavy atom. The van der Waals surface area contributed by atoms with Gasteiger partial charge in [-0.1, -0.05) is 32.6 Å². The lowest BCUT2D eigenvalue weighted by Crippen LogP contribution is -2.36. The first kappa shape index (κ1) is 13.5. The molecule has 1 aliphatic rings. The zero-order valence-corrected chi connectivity index (χ0v) is 10.7. The lowest BCUT2D eigenvalue weighted by atomic mass is 9.99. The summed E-state index contributed by atoms with van der Waals surface area (Å²) >= 11 is 0. The van der Waals surface area contributed by atoms with E-state index in [1.165, 1.54) is 25.7 Å². The molecule has 1 atom stereocenters. The van der Waals surface area contributed by atoms with Crippen LogP contribution in [0.4, 0.5) is 0 Å². The van der Waals surface area contributed by atoms with Gasteiger partial charge in [0.1, 0.15) is 0 Å². The molecule has 3 heteroatoms. The molecule has 94 valence electrons. The van der Waals surface area contributed by atoms with E-state index in [9.17, 15) is 4.79 Å². The van der Waals surface area contributed by atoms with Crippen LogP contribution in [0.25, 0.3) is 0 Å². The van der Waals surface area contributed by atoms with Crippen molar-refractivity contribution in [3.63, 3.8) is 0 Å². The van der Waals surface area contributed by atoms with Gasteiger partial charge in [0.25, 0.3) is 0 Å². The van der Waals surface area contributed by atoms with Crippen LogP contribution in [0.1, 0.15) is 45.4 Å². The van der Waals surface area contributed by atoms with Crippen LogP contribution in [0.15, 0.2) is 0 Å². The van der Waals surface area contributed by atoms with Gasteiger partial charge in [0, 0.05) is 12.5 Å². The Hall–Kier alpha value is -0.570. The van der Waals surface area contributed by atoms with Crippen LogP contribution in [-0.2, 0) is 4.79 Å². The first-order valence-corrected chi connectivity index (χ1v) is 6.66. The number of hydrogen-bond acceptors (Lipinski definition) is 2. The molecule has 0 aromatic carbocycles. The standard InChI is InChI=1S/C13H26N2O/c1-11(9-14-2)10-15-13(16)12-7-5-3-4-6-8-12/h11-12,14H,3-10H2,1-2H3,(H,15,16)/t11-/m1/s1. The Balaban J connectivity index is 2.22. The van der Waals surface area contributed by atoms with E-state index in [-0.39, 0.29) is 11.8 Å². The lowest BCUT2D eigenvalue weighted by Gasteiger charge is -2.16. The molecule has 1 amide bonds. The van der Waals surface area contributed by atoms with Gasteiger partial charge in [0.05, 0.1) is 0 Å². The van der Waals surface area contributed by atoms with Crippen molar-refractivity contribution in [1.82, 2.24) is 10.6 Å². The second-order valence-corrected chi connectivity index (χ2v) is 5.10. The second kappa shape index (κ2) is 7.66. The molecule has 0 saturated heterocycles. The molecule has 1 saturated carbocycles.